The van der Waals surface area contributed by atoms with E-state index in [-0.39, 0.29) is 0 Å². The predicted molar refractivity (Wildman–Crippen MR) is 48.7 cm³/mol. The van der Waals surface area contributed by atoms with Gasteiger partial charge >= 0.3 is 0 Å². The van der Waals surface area contributed by atoms with Gasteiger partial charge < -0.3 is 0 Å². The van der Waals surface area contributed by atoms with Gasteiger partial charge in [-0.15, -0.1) is 0 Å². The maximum Gasteiger partial charge on any atom is 0.0582 e. The molecule has 1 unspecified atom stereocenters. The van der Waals surface area contributed by atoms with Crippen molar-refractivity contribution in [2.45, 2.75) is 13.0 Å². The second-order valence-electron chi connectivity index (χ2n) is 3.20. The Morgan fingerprint density at radius 3 is 2.83 bits per heavy atom. The topological polar surface area (TPSA) is 31.2 Å². The van der Waals surface area contributed by atoms with Crippen LogP contribution in [-0.2, 0) is 0 Å². The van der Waals surface area contributed by atoms with Crippen molar-refractivity contribution in [2.24, 2.45) is 10.3 Å². The molecule has 68 valence electrons. The highest BCUT2D eigenvalue weighted by Gasteiger charge is 2.22. The summed E-state index contributed by atoms with van der Waals surface area (Å²) >= 11 is 0. The zero-order valence-corrected chi connectivity index (χ0v) is 7.99. The number of likely N-dealkylation sites (N-methyl/N-ethyl adjacent to an activating group) is 1. The van der Waals surface area contributed by atoms with Crippen molar-refractivity contribution in [1.82, 2.24) is 9.91 Å². The van der Waals surface area contributed by atoms with Crippen LogP contribution < -0.4 is 0 Å². The lowest BCUT2D eigenvalue weighted by molar-refractivity contribution is 0.143. The molecule has 0 bridgehead atoms. The van der Waals surface area contributed by atoms with E-state index >= 15 is 0 Å². The standard InChI is InChI=1S/C8H16N4/c1-7-6-12(10-9-3)8(2)5-11(7)4/h7H,2,5-6H2,1,3-4H3. The van der Waals surface area contributed by atoms with Gasteiger partial charge in [0.2, 0.25) is 0 Å². The molecule has 4 nitrogen and oxygen atoms in total. The Labute approximate surface area is 73.5 Å². The Morgan fingerprint density at radius 2 is 2.25 bits per heavy atom. The Morgan fingerprint density at radius 1 is 1.58 bits per heavy atom. The fourth-order valence-electron chi connectivity index (χ4n) is 1.25. The normalized spacial score (nSPS) is 27.1. The van der Waals surface area contributed by atoms with Gasteiger partial charge in [0, 0.05) is 18.3 Å². The van der Waals surface area contributed by atoms with Crippen LogP contribution in [0.3, 0.4) is 0 Å². The van der Waals surface area contributed by atoms with Crippen LogP contribution in [0.4, 0.5) is 0 Å². The lowest BCUT2D eigenvalue weighted by Crippen LogP contribution is -2.46. The Kier molecular flexibility index (Phi) is 2.81. The number of rotatable bonds is 1. The van der Waals surface area contributed by atoms with Gasteiger partial charge in [0.05, 0.1) is 13.6 Å². The van der Waals surface area contributed by atoms with E-state index in [1.807, 2.05) is 5.01 Å². The summed E-state index contributed by atoms with van der Waals surface area (Å²) in [6, 6.07) is 0.515. The molecule has 1 aliphatic heterocycles. The Hall–Kier alpha value is -0.900. The lowest BCUT2D eigenvalue weighted by Gasteiger charge is -2.36. The highest BCUT2D eigenvalue weighted by atomic mass is 15.6. The Balaban J connectivity index is 2.61. The fourth-order valence-corrected chi connectivity index (χ4v) is 1.25. The maximum absolute atomic E-state index is 3.98. The third-order valence-corrected chi connectivity index (χ3v) is 2.18. The van der Waals surface area contributed by atoms with Crippen molar-refractivity contribution in [2.75, 3.05) is 27.2 Å². The average Bonchev–Trinajstić information content (AvgIpc) is 2.01. The predicted octanol–water partition coefficient (Wildman–Crippen LogP) is 1.13. The van der Waals surface area contributed by atoms with E-state index in [0.29, 0.717) is 6.04 Å². The van der Waals surface area contributed by atoms with E-state index in [1.54, 1.807) is 7.05 Å². The summed E-state index contributed by atoms with van der Waals surface area (Å²) < 4.78 is 0. The van der Waals surface area contributed by atoms with E-state index in [9.17, 15) is 0 Å². The summed E-state index contributed by atoms with van der Waals surface area (Å²) in [4.78, 5) is 2.25. The van der Waals surface area contributed by atoms with Crippen molar-refractivity contribution < 1.29 is 0 Å². The van der Waals surface area contributed by atoms with Gasteiger partial charge in [-0.2, -0.15) is 5.11 Å². The van der Waals surface area contributed by atoms with Gasteiger partial charge in [-0.1, -0.05) is 11.8 Å². The molecule has 1 heterocycles. The van der Waals surface area contributed by atoms with Gasteiger partial charge in [-0.25, -0.2) is 5.01 Å². The first-order valence-corrected chi connectivity index (χ1v) is 4.10. The number of nitrogens with zero attached hydrogens (tertiary/aromatic N) is 4. The highest BCUT2D eigenvalue weighted by Crippen LogP contribution is 2.15. The van der Waals surface area contributed by atoms with Crippen LogP contribution in [0.25, 0.3) is 0 Å². The quantitative estimate of drug-likeness (QED) is 0.550. The molecule has 0 aromatic carbocycles. The minimum absolute atomic E-state index is 0.515. The summed E-state index contributed by atoms with van der Waals surface area (Å²) in [7, 11) is 3.77. The zero-order chi connectivity index (χ0) is 9.14. The van der Waals surface area contributed by atoms with Crippen molar-refractivity contribution in [3.63, 3.8) is 0 Å². The zero-order valence-electron chi connectivity index (χ0n) is 7.99. The first-order chi connectivity index (χ1) is 5.65. The van der Waals surface area contributed by atoms with E-state index in [1.165, 1.54) is 0 Å². The summed E-state index contributed by atoms with van der Waals surface area (Å²) in [5.41, 5.74) is 1.02. The van der Waals surface area contributed by atoms with E-state index in [0.717, 1.165) is 18.8 Å². The van der Waals surface area contributed by atoms with Crippen LogP contribution in [0.15, 0.2) is 22.6 Å². The monoisotopic (exact) mass is 168 g/mol. The van der Waals surface area contributed by atoms with E-state index < -0.39 is 0 Å². The first-order valence-electron chi connectivity index (χ1n) is 4.10. The molecule has 0 spiro atoms. The SMILES string of the molecule is C=C1CN(C)C(C)CN1N=NC. The van der Waals surface area contributed by atoms with Crippen molar-refractivity contribution in [1.29, 1.82) is 0 Å². The van der Waals surface area contributed by atoms with Crippen molar-refractivity contribution in [3.8, 4) is 0 Å². The number of hydrogen-bond acceptors (Lipinski definition) is 3. The molecular formula is C8H16N4. The molecular weight excluding hydrogens is 152 g/mol. The molecule has 0 N–H and O–H groups in total. The molecule has 0 saturated carbocycles. The molecule has 0 aliphatic carbocycles. The van der Waals surface area contributed by atoms with Crippen molar-refractivity contribution >= 4 is 0 Å². The largest absolute Gasteiger partial charge is 0.296 e. The van der Waals surface area contributed by atoms with Gasteiger partial charge in [-0.3, -0.25) is 4.90 Å². The van der Waals surface area contributed by atoms with Crippen LogP contribution in [0.2, 0.25) is 0 Å². The molecule has 1 fully saturated rings. The molecule has 0 aromatic rings. The van der Waals surface area contributed by atoms with Crippen LogP contribution in [0.5, 0.6) is 0 Å². The van der Waals surface area contributed by atoms with Crippen LogP contribution >= 0.6 is 0 Å². The summed E-state index contributed by atoms with van der Waals surface area (Å²) in [5, 5.41) is 9.59. The van der Waals surface area contributed by atoms with Gasteiger partial charge in [0.15, 0.2) is 0 Å². The van der Waals surface area contributed by atoms with E-state index in [4.69, 9.17) is 0 Å². The minimum Gasteiger partial charge on any atom is -0.296 e. The second-order valence-corrected chi connectivity index (χ2v) is 3.20. The molecule has 12 heavy (non-hydrogen) atoms. The average molecular weight is 168 g/mol. The molecule has 0 radical (unpaired) electrons. The van der Waals surface area contributed by atoms with E-state index in [2.05, 4.69) is 35.8 Å². The smallest absolute Gasteiger partial charge is 0.0582 e. The fraction of sp³-hybridized carbons (Fsp3) is 0.750. The molecule has 1 saturated heterocycles. The lowest BCUT2D eigenvalue weighted by atomic mass is 10.2. The van der Waals surface area contributed by atoms with Crippen molar-refractivity contribution in [3.05, 3.63) is 12.3 Å². The minimum atomic E-state index is 0.515. The van der Waals surface area contributed by atoms with Crippen LogP contribution in [0, 0.1) is 0 Å². The molecule has 4 heteroatoms. The molecule has 0 amide bonds. The Bertz CT molecular complexity index is 199. The number of hydrogen-bond donors (Lipinski definition) is 0. The van der Waals surface area contributed by atoms with Crippen LogP contribution in [-0.4, -0.2) is 43.1 Å². The first kappa shape index (κ1) is 9.19. The molecule has 0 aromatic heterocycles. The summed E-state index contributed by atoms with van der Waals surface area (Å²) in [6.07, 6.45) is 0. The maximum atomic E-state index is 3.98. The summed E-state index contributed by atoms with van der Waals surface area (Å²) in [6.45, 7) is 7.86. The van der Waals surface area contributed by atoms with Gasteiger partial charge in [-0.05, 0) is 14.0 Å². The number of piperazine rings is 1. The van der Waals surface area contributed by atoms with Crippen LogP contribution in [0.1, 0.15) is 6.92 Å². The second kappa shape index (κ2) is 3.67. The highest BCUT2D eigenvalue weighted by molar-refractivity contribution is 5.00. The molecule has 1 rings (SSSR count). The van der Waals surface area contributed by atoms with Gasteiger partial charge in [0.1, 0.15) is 0 Å². The molecule has 1 atom stereocenters. The third-order valence-electron chi connectivity index (χ3n) is 2.18. The van der Waals surface area contributed by atoms with Gasteiger partial charge in [0.25, 0.3) is 0 Å². The molecule has 1 aliphatic rings. The summed E-state index contributed by atoms with van der Waals surface area (Å²) in [5.74, 6) is 0. The third kappa shape index (κ3) is 1.82.